The monoisotopic (exact) mass is 253 g/mol. The maximum absolute atomic E-state index is 13.5. The zero-order valence-electron chi connectivity index (χ0n) is 10.1. The Hall–Kier alpha value is -1.62. The molecule has 0 atom stereocenters. The van der Waals surface area contributed by atoms with Crippen LogP contribution < -0.4 is 4.74 Å². The van der Waals surface area contributed by atoms with Crippen molar-refractivity contribution in [3.8, 4) is 5.75 Å². The highest BCUT2D eigenvalue weighted by Gasteiger charge is 2.12. The Morgan fingerprint density at radius 2 is 2.11 bits per heavy atom. The molecule has 1 N–H and O–H groups in total. The van der Waals surface area contributed by atoms with Crippen LogP contribution in [0.3, 0.4) is 0 Å². The van der Waals surface area contributed by atoms with Crippen LogP contribution in [0.5, 0.6) is 5.75 Å². The van der Waals surface area contributed by atoms with E-state index in [2.05, 4.69) is 4.90 Å². The Balaban J connectivity index is 1.87. The van der Waals surface area contributed by atoms with Gasteiger partial charge in [0.05, 0.1) is 5.56 Å². The third kappa shape index (κ3) is 3.20. The number of halogens is 1. The van der Waals surface area contributed by atoms with Gasteiger partial charge in [-0.3, -0.25) is 4.90 Å². The second-order valence-electron chi connectivity index (χ2n) is 4.35. The Kier molecular flexibility index (Phi) is 4.15. The van der Waals surface area contributed by atoms with Gasteiger partial charge >= 0.3 is 5.97 Å². The molecule has 2 rings (SSSR count). The topological polar surface area (TPSA) is 49.8 Å². The number of carboxylic acid groups (broad SMARTS) is 1. The van der Waals surface area contributed by atoms with Crippen molar-refractivity contribution in [3.05, 3.63) is 29.6 Å². The number of rotatable bonds is 5. The third-order valence-electron chi connectivity index (χ3n) is 3.04. The first-order chi connectivity index (χ1) is 8.66. The first-order valence-electron chi connectivity index (χ1n) is 6.05. The second-order valence-corrected chi connectivity index (χ2v) is 4.35. The molecule has 4 nitrogen and oxygen atoms in total. The van der Waals surface area contributed by atoms with E-state index in [0.29, 0.717) is 6.61 Å². The van der Waals surface area contributed by atoms with Gasteiger partial charge in [0.1, 0.15) is 6.61 Å². The average molecular weight is 253 g/mol. The van der Waals surface area contributed by atoms with Crippen molar-refractivity contribution in [1.82, 2.24) is 4.90 Å². The molecule has 98 valence electrons. The summed E-state index contributed by atoms with van der Waals surface area (Å²) in [6.45, 7) is 3.34. The van der Waals surface area contributed by atoms with Gasteiger partial charge in [-0.2, -0.15) is 0 Å². The molecule has 0 bridgehead atoms. The van der Waals surface area contributed by atoms with Gasteiger partial charge in [0.2, 0.25) is 0 Å². The number of nitrogens with zero attached hydrogens (tertiary/aromatic N) is 1. The van der Waals surface area contributed by atoms with E-state index in [0.717, 1.165) is 25.7 Å². The fraction of sp³-hybridized carbons (Fsp3) is 0.462. The Morgan fingerprint density at radius 1 is 1.39 bits per heavy atom. The summed E-state index contributed by atoms with van der Waals surface area (Å²) in [4.78, 5) is 12.9. The molecule has 1 fully saturated rings. The molecule has 0 amide bonds. The van der Waals surface area contributed by atoms with Crippen molar-refractivity contribution >= 4 is 5.97 Å². The molecule has 1 aromatic carbocycles. The van der Waals surface area contributed by atoms with Crippen LogP contribution in [0.1, 0.15) is 23.2 Å². The van der Waals surface area contributed by atoms with Crippen molar-refractivity contribution in [3.63, 3.8) is 0 Å². The number of hydrogen-bond donors (Lipinski definition) is 1. The maximum Gasteiger partial charge on any atom is 0.335 e. The predicted octanol–water partition coefficient (Wildman–Crippen LogP) is 2.00. The van der Waals surface area contributed by atoms with Crippen molar-refractivity contribution in [2.45, 2.75) is 12.8 Å². The third-order valence-corrected chi connectivity index (χ3v) is 3.04. The highest BCUT2D eigenvalue weighted by atomic mass is 19.1. The number of ether oxygens (including phenoxy) is 1. The van der Waals surface area contributed by atoms with Gasteiger partial charge in [-0.05, 0) is 44.1 Å². The summed E-state index contributed by atoms with van der Waals surface area (Å²) in [5.74, 6) is -1.66. The SMILES string of the molecule is O=C(O)c1ccc(OCCN2CCCC2)c(F)c1. The van der Waals surface area contributed by atoms with Crippen LogP contribution in [0.25, 0.3) is 0 Å². The van der Waals surface area contributed by atoms with E-state index in [1.807, 2.05) is 0 Å². The quantitative estimate of drug-likeness (QED) is 0.872. The van der Waals surface area contributed by atoms with Gasteiger partial charge in [0.25, 0.3) is 0 Å². The van der Waals surface area contributed by atoms with E-state index in [-0.39, 0.29) is 11.3 Å². The molecule has 1 aromatic rings. The van der Waals surface area contributed by atoms with Gasteiger partial charge in [-0.1, -0.05) is 0 Å². The molecule has 1 aliphatic heterocycles. The molecule has 0 saturated carbocycles. The summed E-state index contributed by atoms with van der Waals surface area (Å²) in [5, 5.41) is 8.71. The zero-order valence-corrected chi connectivity index (χ0v) is 10.1. The largest absolute Gasteiger partial charge is 0.489 e. The Bertz CT molecular complexity index is 430. The van der Waals surface area contributed by atoms with Gasteiger partial charge in [-0.25, -0.2) is 9.18 Å². The van der Waals surface area contributed by atoms with Crippen LogP contribution in [-0.4, -0.2) is 42.2 Å². The van der Waals surface area contributed by atoms with E-state index >= 15 is 0 Å². The minimum atomic E-state index is -1.14. The lowest BCUT2D eigenvalue weighted by atomic mass is 10.2. The summed E-state index contributed by atoms with van der Waals surface area (Å²) in [7, 11) is 0. The highest BCUT2D eigenvalue weighted by Crippen LogP contribution is 2.18. The lowest BCUT2D eigenvalue weighted by molar-refractivity contribution is 0.0696. The number of likely N-dealkylation sites (tertiary alicyclic amines) is 1. The highest BCUT2D eigenvalue weighted by molar-refractivity contribution is 5.87. The minimum Gasteiger partial charge on any atom is -0.489 e. The first-order valence-corrected chi connectivity index (χ1v) is 6.05. The molecular weight excluding hydrogens is 237 g/mol. The average Bonchev–Trinajstić information content (AvgIpc) is 2.84. The number of carbonyl (C=O) groups is 1. The molecular formula is C13H16FNO3. The normalized spacial score (nSPS) is 15.8. The summed E-state index contributed by atoms with van der Waals surface area (Å²) in [6, 6.07) is 3.69. The van der Waals surface area contributed by atoms with Crippen molar-refractivity contribution in [1.29, 1.82) is 0 Å². The van der Waals surface area contributed by atoms with Gasteiger partial charge in [0, 0.05) is 6.54 Å². The van der Waals surface area contributed by atoms with Crippen molar-refractivity contribution < 1.29 is 19.0 Å². The second kappa shape index (κ2) is 5.82. The Labute approximate surface area is 105 Å². The van der Waals surface area contributed by atoms with Crippen LogP contribution in [0, 0.1) is 5.82 Å². The number of carboxylic acids is 1. The van der Waals surface area contributed by atoms with Crippen LogP contribution in [0.15, 0.2) is 18.2 Å². The molecule has 0 aliphatic carbocycles. The van der Waals surface area contributed by atoms with Gasteiger partial charge in [0.15, 0.2) is 11.6 Å². The molecule has 0 aromatic heterocycles. The fourth-order valence-corrected chi connectivity index (χ4v) is 2.04. The minimum absolute atomic E-state index is 0.0700. The van der Waals surface area contributed by atoms with Crippen LogP contribution in [0.2, 0.25) is 0 Å². The first kappa shape index (κ1) is 12.8. The van der Waals surface area contributed by atoms with E-state index < -0.39 is 11.8 Å². The molecule has 0 radical (unpaired) electrons. The molecule has 1 heterocycles. The molecule has 0 unspecified atom stereocenters. The van der Waals surface area contributed by atoms with Gasteiger partial charge in [-0.15, -0.1) is 0 Å². The van der Waals surface area contributed by atoms with Crippen LogP contribution in [-0.2, 0) is 0 Å². The number of hydrogen-bond acceptors (Lipinski definition) is 3. The summed E-state index contributed by atoms with van der Waals surface area (Å²) in [5.41, 5.74) is -0.0700. The van der Waals surface area contributed by atoms with Crippen LogP contribution in [0.4, 0.5) is 4.39 Å². The smallest absolute Gasteiger partial charge is 0.335 e. The summed E-state index contributed by atoms with van der Waals surface area (Å²) < 4.78 is 18.8. The van der Waals surface area contributed by atoms with Crippen LogP contribution >= 0.6 is 0 Å². The standard InChI is InChI=1S/C13H16FNO3/c14-11-9-10(13(16)17)3-4-12(11)18-8-7-15-5-1-2-6-15/h3-4,9H,1-2,5-8H2,(H,16,17). The fourth-order valence-electron chi connectivity index (χ4n) is 2.04. The molecule has 5 heteroatoms. The van der Waals surface area contributed by atoms with Gasteiger partial charge < -0.3 is 9.84 Å². The Morgan fingerprint density at radius 3 is 2.72 bits per heavy atom. The number of benzene rings is 1. The van der Waals surface area contributed by atoms with E-state index in [4.69, 9.17) is 9.84 Å². The summed E-state index contributed by atoms with van der Waals surface area (Å²) >= 11 is 0. The lowest BCUT2D eigenvalue weighted by Gasteiger charge is -2.15. The van der Waals surface area contributed by atoms with Crippen molar-refractivity contribution in [2.24, 2.45) is 0 Å². The van der Waals surface area contributed by atoms with E-state index in [1.165, 1.54) is 25.0 Å². The number of aromatic carboxylic acids is 1. The zero-order chi connectivity index (χ0) is 13.0. The molecule has 1 saturated heterocycles. The van der Waals surface area contributed by atoms with E-state index in [1.54, 1.807) is 0 Å². The van der Waals surface area contributed by atoms with Crippen molar-refractivity contribution in [2.75, 3.05) is 26.2 Å². The predicted molar refractivity (Wildman–Crippen MR) is 64.5 cm³/mol. The van der Waals surface area contributed by atoms with E-state index in [9.17, 15) is 9.18 Å². The summed E-state index contributed by atoms with van der Waals surface area (Å²) in [6.07, 6.45) is 2.42. The molecule has 18 heavy (non-hydrogen) atoms. The molecule has 1 aliphatic rings. The maximum atomic E-state index is 13.5. The molecule has 0 spiro atoms. The lowest BCUT2D eigenvalue weighted by Crippen LogP contribution is -2.25.